The van der Waals surface area contributed by atoms with E-state index in [9.17, 15) is 14.4 Å². The van der Waals surface area contributed by atoms with Crippen LogP contribution < -0.4 is 10.2 Å². The standard InChI is InChI=1S/C29H25ClN4O3/c1-29-25-21(20-9-2-4-11-23(20)32-25)14-16-33(29)28(37)34(27(29)36)24-12-5-3-10-22(24)26(35)31-15-13-18-7-6-8-19(30)17-18/h2-12,17,32H,13-16H2,1H3,(H,31,35). The predicted octanol–water partition coefficient (Wildman–Crippen LogP) is 5.03. The molecule has 4 amide bonds. The van der Waals surface area contributed by atoms with Gasteiger partial charge in [0.1, 0.15) is 0 Å². The molecule has 2 aliphatic heterocycles. The lowest BCUT2D eigenvalue weighted by atomic mass is 9.87. The summed E-state index contributed by atoms with van der Waals surface area (Å²) in [7, 11) is 0. The fourth-order valence-corrected chi connectivity index (χ4v) is 5.79. The van der Waals surface area contributed by atoms with Gasteiger partial charge in [0, 0.05) is 29.0 Å². The van der Waals surface area contributed by atoms with E-state index in [4.69, 9.17) is 11.6 Å². The van der Waals surface area contributed by atoms with Gasteiger partial charge in [-0.05, 0) is 61.2 Å². The number of urea groups is 1. The summed E-state index contributed by atoms with van der Waals surface area (Å²) in [6, 6.07) is 21.7. The number of rotatable bonds is 5. The second-order valence-corrected chi connectivity index (χ2v) is 10.0. The summed E-state index contributed by atoms with van der Waals surface area (Å²) >= 11 is 6.06. The maximum absolute atomic E-state index is 14.0. The molecule has 0 bridgehead atoms. The third kappa shape index (κ3) is 3.61. The first kappa shape index (κ1) is 23.3. The molecule has 8 heteroatoms. The van der Waals surface area contributed by atoms with E-state index in [0.29, 0.717) is 31.0 Å². The Hall–Kier alpha value is -4.10. The fraction of sp³-hybridized carbons (Fsp3) is 0.207. The maximum Gasteiger partial charge on any atom is 0.332 e. The second-order valence-electron chi connectivity index (χ2n) is 9.57. The largest absolute Gasteiger partial charge is 0.356 e. The minimum absolute atomic E-state index is 0.274. The maximum atomic E-state index is 14.0. The van der Waals surface area contributed by atoms with Crippen molar-refractivity contribution in [2.45, 2.75) is 25.3 Å². The van der Waals surface area contributed by atoms with E-state index in [1.54, 1.807) is 42.2 Å². The van der Waals surface area contributed by atoms with E-state index in [1.165, 1.54) is 0 Å². The molecule has 2 N–H and O–H groups in total. The van der Waals surface area contributed by atoms with Crippen molar-refractivity contribution in [1.82, 2.24) is 15.2 Å². The van der Waals surface area contributed by atoms with E-state index in [1.807, 2.05) is 42.5 Å². The van der Waals surface area contributed by atoms with Gasteiger partial charge in [-0.2, -0.15) is 0 Å². The number of aromatic amines is 1. The molecular weight excluding hydrogens is 488 g/mol. The summed E-state index contributed by atoms with van der Waals surface area (Å²) in [4.78, 5) is 47.0. The van der Waals surface area contributed by atoms with Crippen LogP contribution in [-0.4, -0.2) is 40.8 Å². The summed E-state index contributed by atoms with van der Waals surface area (Å²) in [5.74, 6) is -0.719. The summed E-state index contributed by atoms with van der Waals surface area (Å²) < 4.78 is 0. The number of carbonyl (C=O) groups is 3. The van der Waals surface area contributed by atoms with Gasteiger partial charge in [0.15, 0.2) is 5.54 Å². The van der Waals surface area contributed by atoms with Gasteiger partial charge in [-0.3, -0.25) is 9.59 Å². The number of para-hydroxylation sites is 2. The van der Waals surface area contributed by atoms with Crippen molar-refractivity contribution in [2.24, 2.45) is 0 Å². The second kappa shape index (κ2) is 8.78. The van der Waals surface area contributed by atoms with Gasteiger partial charge in [-0.25, -0.2) is 9.69 Å². The first-order chi connectivity index (χ1) is 17.9. The van der Waals surface area contributed by atoms with E-state index in [-0.39, 0.29) is 23.1 Å². The molecule has 1 unspecified atom stereocenters. The topological polar surface area (TPSA) is 85.5 Å². The SMILES string of the molecule is CC12C(=O)N(c3ccccc3C(=O)NCCc3cccc(Cl)c3)C(=O)N1CCc1c2[nH]c2ccccc12. The molecule has 0 radical (unpaired) electrons. The van der Waals surface area contributed by atoms with Crippen molar-refractivity contribution in [2.75, 3.05) is 18.0 Å². The van der Waals surface area contributed by atoms with Crippen LogP contribution in [0.1, 0.15) is 34.1 Å². The minimum Gasteiger partial charge on any atom is -0.356 e. The van der Waals surface area contributed by atoms with E-state index >= 15 is 0 Å². The zero-order chi connectivity index (χ0) is 25.7. The zero-order valence-corrected chi connectivity index (χ0v) is 21.0. The van der Waals surface area contributed by atoms with E-state index in [2.05, 4.69) is 10.3 Å². The molecule has 0 spiro atoms. The average Bonchev–Trinajstić information content (AvgIpc) is 3.37. The molecule has 1 saturated heterocycles. The number of benzene rings is 3. The Morgan fingerprint density at radius 3 is 2.68 bits per heavy atom. The van der Waals surface area contributed by atoms with Crippen LogP contribution in [0.2, 0.25) is 5.02 Å². The summed E-state index contributed by atoms with van der Waals surface area (Å²) in [5.41, 5.74) is 3.12. The zero-order valence-electron chi connectivity index (χ0n) is 20.3. The van der Waals surface area contributed by atoms with Crippen molar-refractivity contribution in [1.29, 1.82) is 0 Å². The van der Waals surface area contributed by atoms with Crippen LogP contribution in [0.4, 0.5) is 10.5 Å². The number of amides is 4. The van der Waals surface area contributed by atoms with Gasteiger partial charge in [0.25, 0.3) is 11.8 Å². The molecule has 1 fully saturated rings. The lowest BCUT2D eigenvalue weighted by molar-refractivity contribution is -0.125. The van der Waals surface area contributed by atoms with Crippen LogP contribution >= 0.6 is 11.6 Å². The smallest absolute Gasteiger partial charge is 0.332 e. The average molecular weight is 513 g/mol. The van der Waals surface area contributed by atoms with Crippen LogP contribution in [0.5, 0.6) is 0 Å². The Labute approximate surface area is 219 Å². The van der Waals surface area contributed by atoms with Crippen molar-refractivity contribution in [3.8, 4) is 0 Å². The van der Waals surface area contributed by atoms with Crippen LogP contribution in [0, 0.1) is 0 Å². The molecule has 0 aliphatic carbocycles. The van der Waals surface area contributed by atoms with Gasteiger partial charge in [-0.1, -0.05) is 54.1 Å². The third-order valence-electron chi connectivity index (χ3n) is 7.45. The van der Waals surface area contributed by atoms with Gasteiger partial charge in [-0.15, -0.1) is 0 Å². The molecular formula is C29H25ClN4O3. The molecule has 3 aromatic carbocycles. The van der Waals surface area contributed by atoms with E-state index < -0.39 is 11.6 Å². The Bertz CT molecular complexity index is 1580. The number of hydrogen-bond acceptors (Lipinski definition) is 3. The Morgan fingerprint density at radius 1 is 1.05 bits per heavy atom. The van der Waals surface area contributed by atoms with Crippen LogP contribution in [0.3, 0.4) is 0 Å². The van der Waals surface area contributed by atoms with Crippen molar-refractivity contribution in [3.63, 3.8) is 0 Å². The highest BCUT2D eigenvalue weighted by molar-refractivity contribution is 6.30. The first-order valence-corrected chi connectivity index (χ1v) is 12.7. The number of nitrogens with one attached hydrogen (secondary N) is 2. The number of fused-ring (bicyclic) bond motifs is 5. The quantitative estimate of drug-likeness (QED) is 0.368. The molecule has 3 heterocycles. The molecule has 4 aromatic rings. The highest BCUT2D eigenvalue weighted by atomic mass is 35.5. The molecule has 1 atom stereocenters. The summed E-state index contributed by atoms with van der Waals surface area (Å²) in [5, 5.41) is 4.62. The highest BCUT2D eigenvalue weighted by Crippen LogP contribution is 2.45. The highest BCUT2D eigenvalue weighted by Gasteiger charge is 2.59. The molecule has 6 rings (SSSR count). The Morgan fingerprint density at radius 2 is 1.84 bits per heavy atom. The van der Waals surface area contributed by atoms with Gasteiger partial charge in [0.05, 0.1) is 16.9 Å². The summed E-state index contributed by atoms with van der Waals surface area (Å²) in [6.45, 7) is 2.59. The predicted molar refractivity (Wildman–Crippen MR) is 143 cm³/mol. The lowest BCUT2D eigenvalue weighted by Crippen LogP contribution is -2.49. The van der Waals surface area contributed by atoms with Crippen molar-refractivity contribution in [3.05, 3.63) is 100 Å². The molecule has 186 valence electrons. The third-order valence-corrected chi connectivity index (χ3v) is 7.68. The number of nitrogens with zero attached hydrogens (tertiary/aromatic N) is 2. The first-order valence-electron chi connectivity index (χ1n) is 12.3. The van der Waals surface area contributed by atoms with Gasteiger partial charge in [0.2, 0.25) is 0 Å². The minimum atomic E-state index is -1.18. The number of H-pyrrole nitrogens is 1. The number of imide groups is 1. The number of carbonyl (C=O) groups excluding carboxylic acids is 3. The number of aromatic nitrogens is 1. The van der Waals surface area contributed by atoms with Gasteiger partial charge < -0.3 is 15.2 Å². The van der Waals surface area contributed by atoms with E-state index in [0.717, 1.165) is 32.6 Å². The van der Waals surface area contributed by atoms with Crippen LogP contribution in [-0.2, 0) is 23.2 Å². The number of halogens is 1. The molecule has 0 saturated carbocycles. The van der Waals surface area contributed by atoms with Crippen LogP contribution in [0.15, 0.2) is 72.8 Å². The molecule has 1 aromatic heterocycles. The number of hydrogen-bond donors (Lipinski definition) is 2. The molecule has 7 nitrogen and oxygen atoms in total. The molecule has 2 aliphatic rings. The number of anilines is 1. The van der Waals surface area contributed by atoms with Crippen LogP contribution in [0.25, 0.3) is 10.9 Å². The summed E-state index contributed by atoms with van der Waals surface area (Å²) in [6.07, 6.45) is 1.25. The monoisotopic (exact) mass is 512 g/mol. The van der Waals surface area contributed by atoms with Crippen molar-refractivity contribution >= 4 is 46.0 Å². The fourth-order valence-electron chi connectivity index (χ4n) is 5.57. The van der Waals surface area contributed by atoms with Crippen molar-refractivity contribution < 1.29 is 14.4 Å². The normalized spacial score (nSPS) is 18.8. The Kier molecular flexibility index (Phi) is 5.53. The molecule has 37 heavy (non-hydrogen) atoms. The van der Waals surface area contributed by atoms with Gasteiger partial charge >= 0.3 is 6.03 Å². The Balaban J connectivity index is 1.31. The lowest BCUT2D eigenvalue weighted by Gasteiger charge is -2.35.